The van der Waals surface area contributed by atoms with Gasteiger partial charge in [-0.05, 0) is 12.1 Å². The molecule has 0 atom stereocenters. The summed E-state index contributed by atoms with van der Waals surface area (Å²) in [5.74, 6) is -0.313. The Labute approximate surface area is 78.2 Å². The van der Waals surface area contributed by atoms with Crippen LogP contribution in [0.4, 0.5) is 5.69 Å². The van der Waals surface area contributed by atoms with E-state index in [1.165, 1.54) is 0 Å². The molecule has 0 aliphatic carbocycles. The van der Waals surface area contributed by atoms with Gasteiger partial charge in [-0.3, -0.25) is 4.79 Å². The first-order chi connectivity index (χ1) is 6.74. The number of aromatic hydroxyl groups is 1. The van der Waals surface area contributed by atoms with Crippen LogP contribution in [0.1, 0.15) is 0 Å². The maximum Gasteiger partial charge on any atom is 0.490 e. The van der Waals surface area contributed by atoms with Crippen LogP contribution in [0.15, 0.2) is 29.1 Å². The van der Waals surface area contributed by atoms with Crippen molar-refractivity contribution in [1.82, 2.24) is 4.98 Å². The summed E-state index contributed by atoms with van der Waals surface area (Å²) < 4.78 is 0. The number of aromatic amines is 1. The molecular formula is C9H6N3O2+. The van der Waals surface area contributed by atoms with Crippen LogP contribution >= 0.6 is 0 Å². The second kappa shape index (κ2) is 2.85. The molecule has 0 aliphatic heterocycles. The number of diazo groups is 1. The zero-order valence-corrected chi connectivity index (χ0v) is 7.06. The third kappa shape index (κ3) is 1.02. The highest BCUT2D eigenvalue weighted by molar-refractivity contribution is 5.89. The zero-order valence-electron chi connectivity index (χ0n) is 7.06. The number of hydrogen-bond acceptors (Lipinski definition) is 3. The summed E-state index contributed by atoms with van der Waals surface area (Å²) in [5, 5.41) is 18.5. The normalized spacial score (nSPS) is 9.93. The highest BCUT2D eigenvalue weighted by Crippen LogP contribution is 2.29. The van der Waals surface area contributed by atoms with Crippen LogP contribution in [-0.4, -0.2) is 10.1 Å². The van der Waals surface area contributed by atoms with Crippen molar-refractivity contribution in [2.45, 2.75) is 0 Å². The number of benzene rings is 1. The number of hydrogen-bond donors (Lipinski definition) is 2. The van der Waals surface area contributed by atoms with Crippen molar-refractivity contribution >= 4 is 16.6 Å². The van der Waals surface area contributed by atoms with E-state index in [2.05, 4.69) is 9.96 Å². The Hall–Kier alpha value is -2.35. The van der Waals surface area contributed by atoms with Crippen LogP contribution in [0.5, 0.6) is 5.75 Å². The van der Waals surface area contributed by atoms with E-state index in [-0.39, 0.29) is 11.4 Å². The van der Waals surface area contributed by atoms with Crippen molar-refractivity contribution in [3.8, 4) is 5.75 Å². The van der Waals surface area contributed by atoms with E-state index >= 15 is 0 Å². The Kier molecular flexibility index (Phi) is 1.68. The van der Waals surface area contributed by atoms with E-state index in [1.807, 2.05) is 0 Å². The lowest BCUT2D eigenvalue weighted by Crippen LogP contribution is -2.04. The molecule has 0 spiro atoms. The number of para-hydroxylation sites is 1. The topological polar surface area (TPSA) is 81.2 Å². The molecular weight excluding hydrogens is 182 g/mol. The lowest BCUT2D eigenvalue weighted by Gasteiger charge is -1.95. The summed E-state index contributed by atoms with van der Waals surface area (Å²) in [6.45, 7) is 0. The Morgan fingerprint density at radius 3 is 2.79 bits per heavy atom. The molecule has 2 N–H and O–H groups in total. The van der Waals surface area contributed by atoms with E-state index in [1.54, 1.807) is 24.3 Å². The van der Waals surface area contributed by atoms with Crippen LogP contribution in [0.3, 0.4) is 0 Å². The SMILES string of the molecule is N#[N+]c1c(O)c2ccccc2[nH]c1=O. The molecule has 0 fully saturated rings. The van der Waals surface area contributed by atoms with E-state index < -0.39 is 5.56 Å². The van der Waals surface area contributed by atoms with Crippen LogP contribution < -0.4 is 5.56 Å². The Balaban J connectivity index is 3.02. The minimum atomic E-state index is -0.622. The molecule has 1 aromatic heterocycles. The van der Waals surface area contributed by atoms with E-state index in [4.69, 9.17) is 5.39 Å². The molecule has 5 nitrogen and oxygen atoms in total. The largest absolute Gasteiger partial charge is 0.501 e. The average molecular weight is 188 g/mol. The summed E-state index contributed by atoms with van der Waals surface area (Å²) in [6, 6.07) is 6.71. The van der Waals surface area contributed by atoms with Crippen molar-refractivity contribution in [2.24, 2.45) is 0 Å². The van der Waals surface area contributed by atoms with Crippen LogP contribution in [-0.2, 0) is 0 Å². The first kappa shape index (κ1) is 8.26. The fourth-order valence-electron chi connectivity index (χ4n) is 1.31. The van der Waals surface area contributed by atoms with Gasteiger partial charge in [-0.25, -0.2) is 0 Å². The fraction of sp³-hybridized carbons (Fsp3) is 0. The zero-order chi connectivity index (χ0) is 10.1. The highest BCUT2D eigenvalue weighted by Gasteiger charge is 2.21. The second-order valence-electron chi connectivity index (χ2n) is 2.80. The number of rotatable bonds is 0. The summed E-state index contributed by atoms with van der Waals surface area (Å²) in [7, 11) is 0. The molecule has 2 rings (SSSR count). The van der Waals surface area contributed by atoms with Crippen molar-refractivity contribution in [3.63, 3.8) is 0 Å². The van der Waals surface area contributed by atoms with Gasteiger partial charge in [0.05, 0.1) is 5.52 Å². The Morgan fingerprint density at radius 2 is 2.07 bits per heavy atom. The van der Waals surface area contributed by atoms with Crippen LogP contribution in [0, 0.1) is 5.39 Å². The van der Waals surface area contributed by atoms with Gasteiger partial charge in [0.2, 0.25) is 11.1 Å². The standard InChI is InChI=1S/C9H5N3O2/c10-12-7-8(13)5-3-1-2-4-6(5)11-9(7)14/h1-4H,(H-,11,13,14)/p+1. The lowest BCUT2D eigenvalue weighted by atomic mass is 10.2. The highest BCUT2D eigenvalue weighted by atomic mass is 16.3. The van der Waals surface area contributed by atoms with Gasteiger partial charge in [-0.15, -0.1) is 0 Å². The molecule has 0 aliphatic rings. The fourth-order valence-corrected chi connectivity index (χ4v) is 1.31. The molecule has 0 amide bonds. The molecule has 5 heteroatoms. The van der Waals surface area contributed by atoms with Crippen molar-refractivity contribution < 1.29 is 5.11 Å². The third-order valence-electron chi connectivity index (χ3n) is 1.97. The van der Waals surface area contributed by atoms with Gasteiger partial charge in [0.1, 0.15) is 0 Å². The predicted molar refractivity (Wildman–Crippen MR) is 51.0 cm³/mol. The van der Waals surface area contributed by atoms with Crippen LogP contribution in [0.25, 0.3) is 15.9 Å². The smallest absolute Gasteiger partial charge is 0.490 e. The number of fused-ring (bicyclic) bond motifs is 1. The number of aromatic nitrogens is 1. The number of H-pyrrole nitrogens is 1. The summed E-state index contributed by atoms with van der Waals surface area (Å²) in [4.78, 5) is 16.4. The molecule has 0 bridgehead atoms. The summed E-state index contributed by atoms with van der Waals surface area (Å²) in [5.41, 5.74) is -0.491. The first-order valence-electron chi connectivity index (χ1n) is 3.93. The number of pyridine rings is 1. The molecule has 0 radical (unpaired) electrons. The predicted octanol–water partition coefficient (Wildman–Crippen LogP) is 1.72. The van der Waals surface area contributed by atoms with Gasteiger partial charge >= 0.3 is 11.2 Å². The quantitative estimate of drug-likeness (QED) is 0.617. The van der Waals surface area contributed by atoms with Gasteiger partial charge in [-0.1, -0.05) is 12.1 Å². The van der Waals surface area contributed by atoms with Gasteiger partial charge in [0.15, 0.2) is 4.98 Å². The maximum atomic E-state index is 11.2. The minimum absolute atomic E-state index is 0.313. The molecule has 1 heterocycles. The third-order valence-corrected chi connectivity index (χ3v) is 1.97. The number of nitrogens with zero attached hydrogens (tertiary/aromatic N) is 2. The Bertz CT molecular complexity index is 595. The lowest BCUT2D eigenvalue weighted by molar-refractivity contribution is 0.483. The van der Waals surface area contributed by atoms with Crippen molar-refractivity contribution in [1.29, 1.82) is 5.39 Å². The van der Waals surface area contributed by atoms with Gasteiger partial charge in [0, 0.05) is 5.39 Å². The molecule has 68 valence electrons. The van der Waals surface area contributed by atoms with Gasteiger partial charge in [0.25, 0.3) is 0 Å². The van der Waals surface area contributed by atoms with Gasteiger partial charge in [-0.2, -0.15) is 0 Å². The molecule has 2 aromatic rings. The Morgan fingerprint density at radius 1 is 1.36 bits per heavy atom. The van der Waals surface area contributed by atoms with E-state index in [0.29, 0.717) is 10.9 Å². The summed E-state index contributed by atoms with van der Waals surface area (Å²) >= 11 is 0. The van der Waals surface area contributed by atoms with Crippen molar-refractivity contribution in [3.05, 3.63) is 39.6 Å². The van der Waals surface area contributed by atoms with E-state index in [9.17, 15) is 9.90 Å². The first-order valence-corrected chi connectivity index (χ1v) is 3.93. The second-order valence-corrected chi connectivity index (χ2v) is 2.80. The average Bonchev–Trinajstić information content (AvgIpc) is 2.18. The maximum absolute atomic E-state index is 11.2. The monoisotopic (exact) mass is 188 g/mol. The van der Waals surface area contributed by atoms with Gasteiger partial charge < -0.3 is 10.1 Å². The molecule has 0 saturated heterocycles. The number of nitrogens with one attached hydrogen (secondary N) is 1. The molecule has 0 saturated carbocycles. The van der Waals surface area contributed by atoms with Crippen molar-refractivity contribution in [2.75, 3.05) is 0 Å². The van der Waals surface area contributed by atoms with Crippen LogP contribution in [0.2, 0.25) is 0 Å². The molecule has 0 unspecified atom stereocenters. The molecule has 14 heavy (non-hydrogen) atoms. The van der Waals surface area contributed by atoms with E-state index in [0.717, 1.165) is 0 Å². The summed E-state index contributed by atoms with van der Waals surface area (Å²) in [6.07, 6.45) is 0. The molecule has 1 aromatic carbocycles. The minimum Gasteiger partial charge on any atom is -0.501 e.